The lowest BCUT2D eigenvalue weighted by atomic mass is 10.1. The molecule has 0 bridgehead atoms. The van der Waals surface area contributed by atoms with E-state index in [9.17, 15) is 9.90 Å². The van der Waals surface area contributed by atoms with E-state index in [0.29, 0.717) is 31.2 Å². The standard InChI is InChI=1S/C28H30N2O5/c1-5-33-22-8-6-7-19(17-22)26-23-18-25(27(31)32)30(24(23)13-14-29-26)15-16-34-20-9-11-21(12-10-20)35-28(2,3)4/h6-14,17-18H,5,15-16H2,1-4H3,(H,31,32). The van der Waals surface area contributed by atoms with Gasteiger partial charge in [0.05, 0.1) is 24.4 Å². The van der Waals surface area contributed by atoms with Crippen LogP contribution >= 0.6 is 0 Å². The Labute approximate surface area is 204 Å². The maximum atomic E-state index is 12.0. The van der Waals surface area contributed by atoms with Crippen LogP contribution in [0.1, 0.15) is 38.2 Å². The van der Waals surface area contributed by atoms with Crippen molar-refractivity contribution in [2.45, 2.75) is 39.8 Å². The average molecular weight is 475 g/mol. The number of carboxylic acid groups (broad SMARTS) is 1. The third-order valence-electron chi connectivity index (χ3n) is 5.30. The van der Waals surface area contributed by atoms with E-state index in [0.717, 1.165) is 28.0 Å². The summed E-state index contributed by atoms with van der Waals surface area (Å²) in [7, 11) is 0. The van der Waals surface area contributed by atoms with Gasteiger partial charge in [-0.05, 0) is 76.2 Å². The van der Waals surface area contributed by atoms with Crippen LogP contribution in [-0.2, 0) is 6.54 Å². The van der Waals surface area contributed by atoms with E-state index in [2.05, 4.69) is 4.98 Å². The molecule has 0 aliphatic rings. The van der Waals surface area contributed by atoms with Crippen molar-refractivity contribution in [2.75, 3.05) is 13.2 Å². The Morgan fingerprint density at radius 3 is 2.40 bits per heavy atom. The van der Waals surface area contributed by atoms with Crippen molar-refractivity contribution in [3.8, 4) is 28.5 Å². The first-order chi connectivity index (χ1) is 16.7. The first-order valence-corrected chi connectivity index (χ1v) is 11.6. The Balaban J connectivity index is 1.57. The number of rotatable bonds is 9. The number of carbonyl (C=O) groups is 1. The van der Waals surface area contributed by atoms with Gasteiger partial charge in [-0.3, -0.25) is 4.98 Å². The summed E-state index contributed by atoms with van der Waals surface area (Å²) in [6, 6.07) is 18.6. The lowest BCUT2D eigenvalue weighted by molar-refractivity contribution is 0.0684. The van der Waals surface area contributed by atoms with Crippen LogP contribution in [0.3, 0.4) is 0 Å². The van der Waals surface area contributed by atoms with Gasteiger partial charge in [-0.1, -0.05) is 12.1 Å². The third kappa shape index (κ3) is 5.74. The number of nitrogens with zero attached hydrogens (tertiary/aromatic N) is 2. The molecule has 0 amide bonds. The minimum absolute atomic E-state index is 0.188. The predicted molar refractivity (Wildman–Crippen MR) is 136 cm³/mol. The number of carboxylic acids is 1. The fourth-order valence-corrected chi connectivity index (χ4v) is 3.95. The van der Waals surface area contributed by atoms with Gasteiger partial charge in [-0.25, -0.2) is 4.79 Å². The van der Waals surface area contributed by atoms with Gasteiger partial charge >= 0.3 is 5.97 Å². The van der Waals surface area contributed by atoms with Crippen LogP contribution < -0.4 is 14.2 Å². The van der Waals surface area contributed by atoms with Gasteiger partial charge in [-0.2, -0.15) is 0 Å². The normalized spacial score (nSPS) is 11.4. The molecule has 0 saturated carbocycles. The van der Waals surface area contributed by atoms with Gasteiger partial charge in [0.1, 0.15) is 35.2 Å². The fraction of sp³-hybridized carbons (Fsp3) is 0.286. The summed E-state index contributed by atoms with van der Waals surface area (Å²) in [5.74, 6) is 1.20. The zero-order chi connectivity index (χ0) is 25.0. The molecular weight excluding hydrogens is 444 g/mol. The Morgan fingerprint density at radius 2 is 1.71 bits per heavy atom. The second kappa shape index (κ2) is 10.1. The summed E-state index contributed by atoms with van der Waals surface area (Å²) < 4.78 is 19.1. The quantitative estimate of drug-likeness (QED) is 0.318. The smallest absolute Gasteiger partial charge is 0.352 e. The monoisotopic (exact) mass is 474 g/mol. The molecule has 0 aliphatic heterocycles. The molecule has 2 aromatic carbocycles. The van der Waals surface area contributed by atoms with E-state index in [-0.39, 0.29) is 11.3 Å². The van der Waals surface area contributed by atoms with Crippen molar-refractivity contribution in [1.82, 2.24) is 9.55 Å². The molecule has 4 aromatic rings. The van der Waals surface area contributed by atoms with Crippen LogP contribution in [0.4, 0.5) is 0 Å². The SMILES string of the molecule is CCOc1cccc(-c2nccc3c2cc(C(=O)O)n3CCOc2ccc(OC(C)(C)C)cc2)c1. The number of aromatic carboxylic acids is 1. The lowest BCUT2D eigenvalue weighted by Crippen LogP contribution is -2.22. The molecule has 182 valence electrons. The lowest BCUT2D eigenvalue weighted by Gasteiger charge is -2.21. The zero-order valence-electron chi connectivity index (χ0n) is 20.4. The predicted octanol–water partition coefficient (Wildman–Crippen LogP) is 6.06. The molecule has 4 rings (SSSR count). The first kappa shape index (κ1) is 24.1. The number of hydrogen-bond acceptors (Lipinski definition) is 5. The summed E-state index contributed by atoms with van der Waals surface area (Å²) in [6.45, 7) is 9.16. The number of benzene rings is 2. The molecule has 1 N–H and O–H groups in total. The van der Waals surface area contributed by atoms with Gasteiger partial charge in [0.15, 0.2) is 0 Å². The summed E-state index contributed by atoms with van der Waals surface area (Å²) in [6.07, 6.45) is 1.70. The van der Waals surface area contributed by atoms with Crippen molar-refractivity contribution in [1.29, 1.82) is 0 Å². The Bertz CT molecular complexity index is 1320. The van der Waals surface area contributed by atoms with E-state index in [1.165, 1.54) is 0 Å². The minimum Gasteiger partial charge on any atom is -0.494 e. The zero-order valence-corrected chi connectivity index (χ0v) is 20.4. The Hall–Kier alpha value is -4.00. The minimum atomic E-state index is -1.00. The largest absolute Gasteiger partial charge is 0.494 e. The van der Waals surface area contributed by atoms with Crippen molar-refractivity contribution >= 4 is 16.9 Å². The van der Waals surface area contributed by atoms with Crippen molar-refractivity contribution < 1.29 is 24.1 Å². The Morgan fingerprint density at radius 1 is 0.971 bits per heavy atom. The number of hydrogen-bond donors (Lipinski definition) is 1. The maximum absolute atomic E-state index is 12.0. The summed E-state index contributed by atoms with van der Waals surface area (Å²) in [5.41, 5.74) is 2.27. The van der Waals surface area contributed by atoms with Gasteiger partial charge in [-0.15, -0.1) is 0 Å². The molecule has 2 heterocycles. The third-order valence-corrected chi connectivity index (χ3v) is 5.30. The molecule has 0 atom stereocenters. The van der Waals surface area contributed by atoms with Crippen molar-refractivity contribution in [3.63, 3.8) is 0 Å². The second-order valence-corrected chi connectivity index (χ2v) is 9.07. The van der Waals surface area contributed by atoms with Crippen LogP contribution in [0.15, 0.2) is 66.9 Å². The molecule has 2 aromatic heterocycles. The van der Waals surface area contributed by atoms with E-state index in [1.54, 1.807) is 16.8 Å². The Kier molecular flexibility index (Phi) is 6.96. The van der Waals surface area contributed by atoms with Gasteiger partial charge in [0.25, 0.3) is 0 Å². The number of aromatic nitrogens is 2. The summed E-state index contributed by atoms with van der Waals surface area (Å²) in [5, 5.41) is 10.6. The van der Waals surface area contributed by atoms with Crippen molar-refractivity contribution in [3.05, 3.63) is 72.6 Å². The molecule has 0 spiro atoms. The molecule has 0 radical (unpaired) electrons. The average Bonchev–Trinajstić information content (AvgIpc) is 3.19. The maximum Gasteiger partial charge on any atom is 0.352 e. The number of pyridine rings is 1. The van der Waals surface area contributed by atoms with E-state index in [1.807, 2.05) is 82.3 Å². The first-order valence-electron chi connectivity index (χ1n) is 11.6. The highest BCUT2D eigenvalue weighted by atomic mass is 16.5. The van der Waals surface area contributed by atoms with Gasteiger partial charge in [0.2, 0.25) is 0 Å². The molecule has 7 nitrogen and oxygen atoms in total. The summed E-state index contributed by atoms with van der Waals surface area (Å²) in [4.78, 5) is 16.6. The topological polar surface area (TPSA) is 82.8 Å². The second-order valence-electron chi connectivity index (χ2n) is 9.07. The molecule has 0 aliphatic carbocycles. The van der Waals surface area contributed by atoms with Gasteiger partial charge in [0, 0.05) is 17.1 Å². The molecule has 0 saturated heterocycles. The van der Waals surface area contributed by atoms with Gasteiger partial charge < -0.3 is 23.9 Å². The molecule has 7 heteroatoms. The molecule has 0 fully saturated rings. The van der Waals surface area contributed by atoms with E-state index in [4.69, 9.17) is 14.2 Å². The van der Waals surface area contributed by atoms with Crippen LogP contribution in [-0.4, -0.2) is 39.4 Å². The highest BCUT2D eigenvalue weighted by Crippen LogP contribution is 2.31. The van der Waals surface area contributed by atoms with Crippen LogP contribution in [0, 0.1) is 0 Å². The fourth-order valence-electron chi connectivity index (χ4n) is 3.95. The van der Waals surface area contributed by atoms with Crippen LogP contribution in [0.5, 0.6) is 17.2 Å². The highest BCUT2D eigenvalue weighted by molar-refractivity contribution is 6.00. The highest BCUT2D eigenvalue weighted by Gasteiger charge is 2.18. The number of ether oxygens (including phenoxy) is 3. The molecular formula is C28H30N2O5. The number of fused-ring (bicyclic) bond motifs is 1. The van der Waals surface area contributed by atoms with Crippen LogP contribution in [0.25, 0.3) is 22.2 Å². The van der Waals surface area contributed by atoms with Crippen molar-refractivity contribution in [2.24, 2.45) is 0 Å². The van der Waals surface area contributed by atoms with Crippen LogP contribution in [0.2, 0.25) is 0 Å². The van der Waals surface area contributed by atoms with E-state index < -0.39 is 5.97 Å². The van der Waals surface area contributed by atoms with E-state index >= 15 is 0 Å². The molecule has 35 heavy (non-hydrogen) atoms. The molecule has 0 unspecified atom stereocenters. The summed E-state index contributed by atoms with van der Waals surface area (Å²) >= 11 is 0.